The summed E-state index contributed by atoms with van der Waals surface area (Å²) in [6, 6.07) is 10.8. The summed E-state index contributed by atoms with van der Waals surface area (Å²) in [5.74, 6) is 0.892. The van der Waals surface area contributed by atoms with Crippen LogP contribution < -0.4 is 15.0 Å². The third kappa shape index (κ3) is 2.07. The minimum Gasteiger partial charge on any atom is -0.454 e. The fraction of sp³-hybridized carbons (Fsp3) is 0.0667. The maximum absolute atomic E-state index is 11.5. The van der Waals surface area contributed by atoms with Crippen LogP contribution in [0.15, 0.2) is 36.4 Å². The van der Waals surface area contributed by atoms with Crippen molar-refractivity contribution in [2.24, 2.45) is 0 Å². The summed E-state index contributed by atoms with van der Waals surface area (Å²) in [6.07, 6.45) is 0. The van der Waals surface area contributed by atoms with Crippen molar-refractivity contribution in [3.63, 3.8) is 0 Å². The van der Waals surface area contributed by atoms with Crippen LogP contribution in [0.1, 0.15) is 13.2 Å². The van der Waals surface area contributed by atoms with Gasteiger partial charge < -0.3 is 9.47 Å². The molecule has 7 heteroatoms. The molecule has 0 radical (unpaired) electrons. The van der Waals surface area contributed by atoms with Gasteiger partial charge in [0.25, 0.3) is 5.91 Å². The zero-order chi connectivity index (χ0) is 15.1. The Labute approximate surface area is 131 Å². The number of hydroxylamine groups is 1. The summed E-state index contributed by atoms with van der Waals surface area (Å²) in [5.41, 5.74) is 3.74. The molecule has 1 aromatic heterocycles. The molecule has 0 aliphatic carbocycles. The standard InChI is InChI=1S/C15H10N2O4S.2H2/c18-14(17-19)8-1-3-10-13(6-8)22-15(16-10)9-2-4-11-12(5-9)21-7-20-11;;/h1-6,19H,7H2,(H,17,18);2*1H. The number of hydrogen-bond donors (Lipinski definition) is 2. The van der Waals surface area contributed by atoms with Crippen LogP contribution in [0.2, 0.25) is 0 Å². The summed E-state index contributed by atoms with van der Waals surface area (Å²) < 4.78 is 11.5. The smallest absolute Gasteiger partial charge is 0.274 e. The van der Waals surface area contributed by atoms with E-state index in [1.807, 2.05) is 18.2 Å². The van der Waals surface area contributed by atoms with Gasteiger partial charge in [-0.2, -0.15) is 0 Å². The number of benzene rings is 2. The van der Waals surface area contributed by atoms with E-state index in [2.05, 4.69) is 4.98 Å². The van der Waals surface area contributed by atoms with Gasteiger partial charge in [0.1, 0.15) is 5.01 Å². The van der Waals surface area contributed by atoms with Crippen LogP contribution in [-0.2, 0) is 0 Å². The van der Waals surface area contributed by atoms with Crippen molar-refractivity contribution >= 4 is 27.5 Å². The van der Waals surface area contributed by atoms with Gasteiger partial charge in [0.2, 0.25) is 6.79 Å². The van der Waals surface area contributed by atoms with Gasteiger partial charge in [-0.05, 0) is 36.4 Å². The zero-order valence-electron chi connectivity index (χ0n) is 11.2. The molecule has 0 unspecified atom stereocenters. The van der Waals surface area contributed by atoms with E-state index in [9.17, 15) is 4.79 Å². The van der Waals surface area contributed by atoms with E-state index in [-0.39, 0.29) is 9.65 Å². The predicted molar refractivity (Wildman–Crippen MR) is 84.7 cm³/mol. The number of carbonyl (C=O) groups is 1. The van der Waals surface area contributed by atoms with Crippen LogP contribution >= 0.6 is 11.3 Å². The van der Waals surface area contributed by atoms with Crippen molar-refractivity contribution < 1.29 is 22.3 Å². The van der Waals surface area contributed by atoms with Gasteiger partial charge in [-0.15, -0.1) is 11.3 Å². The first-order valence-corrected chi connectivity index (χ1v) is 7.31. The number of hydrogen-bond acceptors (Lipinski definition) is 6. The number of amides is 1. The van der Waals surface area contributed by atoms with E-state index < -0.39 is 5.91 Å². The van der Waals surface area contributed by atoms with Crippen LogP contribution in [0, 0.1) is 0 Å². The van der Waals surface area contributed by atoms with Gasteiger partial charge in [0.05, 0.1) is 10.2 Å². The molecule has 0 bridgehead atoms. The SMILES string of the molecule is O=C(NO)c1ccc2nc(-c3ccc4c(c3)OCO4)sc2c1.[HH].[HH]. The highest BCUT2D eigenvalue weighted by atomic mass is 32.1. The largest absolute Gasteiger partial charge is 0.454 e. The topological polar surface area (TPSA) is 80.7 Å². The average Bonchev–Trinajstić information content (AvgIpc) is 3.18. The highest BCUT2D eigenvalue weighted by Crippen LogP contribution is 2.38. The van der Waals surface area contributed by atoms with Crippen molar-refractivity contribution in [3.8, 4) is 22.1 Å². The third-order valence-electron chi connectivity index (χ3n) is 3.37. The molecular weight excluding hydrogens is 304 g/mol. The number of rotatable bonds is 2. The summed E-state index contributed by atoms with van der Waals surface area (Å²) in [4.78, 5) is 16.0. The van der Waals surface area contributed by atoms with E-state index in [1.165, 1.54) is 11.3 Å². The van der Waals surface area contributed by atoms with Crippen molar-refractivity contribution in [1.82, 2.24) is 10.5 Å². The number of fused-ring (bicyclic) bond motifs is 2. The molecule has 2 heterocycles. The maximum Gasteiger partial charge on any atom is 0.274 e. The van der Waals surface area contributed by atoms with Gasteiger partial charge >= 0.3 is 0 Å². The van der Waals surface area contributed by atoms with Gasteiger partial charge in [0, 0.05) is 14.0 Å². The Morgan fingerprint density at radius 2 is 2.09 bits per heavy atom. The Hall–Kier alpha value is -2.64. The number of nitrogens with zero attached hydrogens (tertiary/aromatic N) is 1. The number of aromatic nitrogens is 1. The first kappa shape index (κ1) is 13.1. The van der Waals surface area contributed by atoms with Crippen LogP contribution in [0.3, 0.4) is 0 Å². The second kappa shape index (κ2) is 4.97. The fourth-order valence-electron chi connectivity index (χ4n) is 2.28. The van der Waals surface area contributed by atoms with Gasteiger partial charge in [-0.3, -0.25) is 10.0 Å². The minimum atomic E-state index is -0.542. The molecule has 2 aromatic carbocycles. The molecule has 0 spiro atoms. The average molecular weight is 318 g/mol. The Balaban J connectivity index is 0.00000104. The Morgan fingerprint density at radius 1 is 1.23 bits per heavy atom. The van der Waals surface area contributed by atoms with Crippen molar-refractivity contribution in [3.05, 3.63) is 42.0 Å². The first-order valence-electron chi connectivity index (χ1n) is 6.49. The van der Waals surface area contributed by atoms with Crippen LogP contribution in [-0.4, -0.2) is 22.9 Å². The molecule has 1 aliphatic rings. The molecule has 3 aromatic rings. The van der Waals surface area contributed by atoms with E-state index in [0.29, 0.717) is 11.3 Å². The number of thiazole rings is 1. The Morgan fingerprint density at radius 3 is 2.95 bits per heavy atom. The predicted octanol–water partition coefficient (Wildman–Crippen LogP) is 3.30. The highest BCUT2D eigenvalue weighted by Gasteiger charge is 2.16. The van der Waals surface area contributed by atoms with Crippen molar-refractivity contribution in [2.75, 3.05) is 6.79 Å². The van der Waals surface area contributed by atoms with Crippen LogP contribution in [0.5, 0.6) is 11.5 Å². The number of ether oxygens (including phenoxy) is 2. The molecule has 22 heavy (non-hydrogen) atoms. The molecular formula is C15H14N2O4S. The maximum atomic E-state index is 11.5. The molecule has 0 fully saturated rings. The fourth-order valence-corrected chi connectivity index (χ4v) is 3.28. The molecule has 114 valence electrons. The lowest BCUT2D eigenvalue weighted by atomic mass is 10.2. The second-order valence-electron chi connectivity index (χ2n) is 4.71. The third-order valence-corrected chi connectivity index (χ3v) is 4.44. The van der Waals surface area contributed by atoms with E-state index in [1.54, 1.807) is 23.7 Å². The summed E-state index contributed by atoms with van der Waals surface area (Å²) >= 11 is 1.47. The molecule has 6 nitrogen and oxygen atoms in total. The molecule has 1 aliphatic heterocycles. The molecule has 4 rings (SSSR count). The normalized spacial score (nSPS) is 12.6. The summed E-state index contributed by atoms with van der Waals surface area (Å²) in [7, 11) is 0. The Bertz CT molecular complexity index is 900. The second-order valence-corrected chi connectivity index (χ2v) is 5.74. The minimum absolute atomic E-state index is 0. The highest BCUT2D eigenvalue weighted by molar-refractivity contribution is 7.21. The number of carbonyl (C=O) groups excluding carboxylic acids is 1. The molecule has 1 amide bonds. The number of nitrogens with one attached hydrogen (secondary N) is 1. The first-order chi connectivity index (χ1) is 10.7. The van der Waals surface area contributed by atoms with E-state index in [0.717, 1.165) is 26.5 Å². The van der Waals surface area contributed by atoms with Crippen LogP contribution in [0.25, 0.3) is 20.8 Å². The van der Waals surface area contributed by atoms with Gasteiger partial charge in [0.15, 0.2) is 11.5 Å². The van der Waals surface area contributed by atoms with Crippen molar-refractivity contribution in [2.45, 2.75) is 0 Å². The van der Waals surface area contributed by atoms with Gasteiger partial charge in [-0.1, -0.05) is 0 Å². The molecule has 0 saturated carbocycles. The lowest BCUT2D eigenvalue weighted by Crippen LogP contribution is -2.18. The van der Waals surface area contributed by atoms with Crippen LogP contribution in [0.4, 0.5) is 0 Å². The monoisotopic (exact) mass is 318 g/mol. The molecule has 0 atom stereocenters. The summed E-state index contributed by atoms with van der Waals surface area (Å²) in [6.45, 7) is 0.234. The zero-order valence-corrected chi connectivity index (χ0v) is 12.0. The van der Waals surface area contributed by atoms with Crippen molar-refractivity contribution in [1.29, 1.82) is 0 Å². The summed E-state index contributed by atoms with van der Waals surface area (Å²) in [5, 5.41) is 9.52. The lowest BCUT2D eigenvalue weighted by Gasteiger charge is -1.98. The Kier molecular flexibility index (Phi) is 2.95. The van der Waals surface area contributed by atoms with E-state index >= 15 is 0 Å². The van der Waals surface area contributed by atoms with E-state index in [4.69, 9.17) is 14.7 Å². The lowest BCUT2D eigenvalue weighted by molar-refractivity contribution is 0.0706. The quantitative estimate of drug-likeness (QED) is 0.560. The molecule has 2 N–H and O–H groups in total. The molecule has 0 saturated heterocycles. The van der Waals surface area contributed by atoms with Gasteiger partial charge in [-0.25, -0.2) is 10.5 Å².